The monoisotopic (exact) mass is 408 g/mol. The van der Waals surface area contributed by atoms with Crippen LogP contribution in [-0.4, -0.2) is 35.1 Å². The van der Waals surface area contributed by atoms with Crippen molar-refractivity contribution >= 4 is 23.5 Å². The van der Waals surface area contributed by atoms with Crippen molar-refractivity contribution in [2.24, 2.45) is 0 Å². The Labute approximate surface area is 166 Å². The third-order valence-corrected chi connectivity index (χ3v) is 4.22. The number of benzene rings is 1. The summed E-state index contributed by atoms with van der Waals surface area (Å²) in [6.45, 7) is 6.47. The molecule has 7 nitrogen and oxygen atoms in total. The van der Waals surface area contributed by atoms with Gasteiger partial charge in [-0.05, 0) is 45.9 Å². The highest BCUT2D eigenvalue weighted by Crippen LogP contribution is 2.17. The minimum absolute atomic E-state index is 0.0352. The van der Waals surface area contributed by atoms with Gasteiger partial charge < -0.3 is 19.4 Å². The molecule has 1 amide bonds. The summed E-state index contributed by atoms with van der Waals surface area (Å²) < 4.78 is 37.8. The lowest BCUT2D eigenvalue weighted by Crippen LogP contribution is -2.31. The van der Waals surface area contributed by atoms with Gasteiger partial charge in [-0.3, -0.25) is 9.59 Å². The van der Waals surface area contributed by atoms with Crippen LogP contribution in [0, 0.1) is 25.5 Å². The number of carbonyl (C=O) groups is 3. The average Bonchev–Trinajstić information content (AvgIpc) is 2.93. The van der Waals surface area contributed by atoms with Crippen LogP contribution in [0.1, 0.15) is 35.6 Å². The van der Waals surface area contributed by atoms with Crippen molar-refractivity contribution in [2.75, 3.05) is 11.9 Å². The molecule has 156 valence electrons. The van der Waals surface area contributed by atoms with E-state index in [9.17, 15) is 23.2 Å². The first-order valence-corrected chi connectivity index (χ1v) is 8.93. The van der Waals surface area contributed by atoms with Gasteiger partial charge in [0.25, 0.3) is 5.91 Å². The minimum atomic E-state index is -1.17. The van der Waals surface area contributed by atoms with E-state index < -0.39 is 35.6 Å². The topological polar surface area (TPSA) is 86.6 Å². The van der Waals surface area contributed by atoms with Crippen LogP contribution in [0.4, 0.5) is 14.5 Å². The molecule has 1 aromatic heterocycles. The number of esters is 2. The molecule has 0 spiro atoms. The first kappa shape index (κ1) is 22.1. The molecular formula is C20H22F2N2O5. The minimum Gasteiger partial charge on any atom is -0.462 e. The fourth-order valence-electron chi connectivity index (χ4n) is 2.69. The third kappa shape index (κ3) is 5.40. The molecule has 1 heterocycles. The summed E-state index contributed by atoms with van der Waals surface area (Å²) in [5.74, 6) is -4.03. The van der Waals surface area contributed by atoms with E-state index >= 15 is 0 Å². The number of amides is 1. The van der Waals surface area contributed by atoms with Gasteiger partial charge in [-0.2, -0.15) is 0 Å². The number of rotatable bonds is 7. The fraction of sp³-hybridized carbons (Fsp3) is 0.350. The van der Waals surface area contributed by atoms with Gasteiger partial charge in [0.15, 0.2) is 17.7 Å². The van der Waals surface area contributed by atoms with Gasteiger partial charge >= 0.3 is 11.9 Å². The molecule has 1 atom stereocenters. The molecule has 0 aliphatic heterocycles. The van der Waals surface area contributed by atoms with Crippen LogP contribution >= 0.6 is 0 Å². The smallest absolute Gasteiger partial charge is 0.339 e. The van der Waals surface area contributed by atoms with Gasteiger partial charge in [0.1, 0.15) is 6.54 Å². The van der Waals surface area contributed by atoms with Gasteiger partial charge in [-0.15, -0.1) is 0 Å². The maximum Gasteiger partial charge on any atom is 0.339 e. The number of halogens is 2. The van der Waals surface area contributed by atoms with Gasteiger partial charge in [0, 0.05) is 23.1 Å². The Kier molecular flexibility index (Phi) is 7.08. The van der Waals surface area contributed by atoms with Crippen molar-refractivity contribution in [3.05, 3.63) is 52.9 Å². The van der Waals surface area contributed by atoms with E-state index in [0.29, 0.717) is 17.0 Å². The van der Waals surface area contributed by atoms with E-state index in [-0.39, 0.29) is 18.8 Å². The van der Waals surface area contributed by atoms with E-state index in [1.807, 2.05) is 0 Å². The number of hydrogen-bond acceptors (Lipinski definition) is 5. The second-order valence-corrected chi connectivity index (χ2v) is 6.34. The largest absolute Gasteiger partial charge is 0.462 e. The van der Waals surface area contributed by atoms with Crippen LogP contribution in [-0.2, 0) is 25.6 Å². The Hall–Kier alpha value is -3.23. The second kappa shape index (κ2) is 9.31. The van der Waals surface area contributed by atoms with Crippen molar-refractivity contribution in [3.8, 4) is 0 Å². The van der Waals surface area contributed by atoms with Crippen LogP contribution < -0.4 is 5.32 Å². The van der Waals surface area contributed by atoms with Gasteiger partial charge in [0.2, 0.25) is 0 Å². The zero-order valence-electron chi connectivity index (χ0n) is 16.5. The molecule has 0 aliphatic carbocycles. The predicted molar refractivity (Wildman–Crippen MR) is 100 cm³/mol. The van der Waals surface area contributed by atoms with Crippen molar-refractivity contribution in [2.45, 2.75) is 40.3 Å². The maximum atomic E-state index is 13.2. The number of aromatic nitrogens is 1. The molecule has 2 aromatic rings. The Balaban J connectivity index is 2.00. The third-order valence-electron chi connectivity index (χ3n) is 4.22. The van der Waals surface area contributed by atoms with Crippen molar-refractivity contribution in [1.29, 1.82) is 0 Å². The van der Waals surface area contributed by atoms with Crippen LogP contribution in [0.2, 0.25) is 0 Å². The first-order valence-electron chi connectivity index (χ1n) is 8.93. The number of ether oxygens (including phenoxy) is 2. The zero-order chi connectivity index (χ0) is 21.7. The van der Waals surface area contributed by atoms with E-state index in [2.05, 4.69) is 5.32 Å². The highest BCUT2D eigenvalue weighted by Gasteiger charge is 2.22. The molecule has 29 heavy (non-hydrogen) atoms. The lowest BCUT2D eigenvalue weighted by Gasteiger charge is -2.15. The number of nitrogens with zero attached hydrogens (tertiary/aromatic N) is 1. The van der Waals surface area contributed by atoms with Crippen LogP contribution in [0.3, 0.4) is 0 Å². The van der Waals surface area contributed by atoms with Gasteiger partial charge in [-0.25, -0.2) is 13.6 Å². The first-order chi connectivity index (χ1) is 13.6. The van der Waals surface area contributed by atoms with Crippen molar-refractivity contribution in [1.82, 2.24) is 4.57 Å². The number of aryl methyl sites for hydroxylation is 1. The molecule has 0 unspecified atom stereocenters. The highest BCUT2D eigenvalue weighted by molar-refractivity contribution is 5.95. The molecular weight excluding hydrogens is 386 g/mol. The summed E-state index contributed by atoms with van der Waals surface area (Å²) in [5, 5.41) is 2.34. The van der Waals surface area contributed by atoms with Crippen molar-refractivity contribution < 1.29 is 32.6 Å². The van der Waals surface area contributed by atoms with E-state index in [1.165, 1.54) is 13.0 Å². The standard InChI is InChI=1S/C20H22F2N2O5/c1-5-28-20(27)15-8-11(2)24(12(15)3)10-18(25)29-13(4)19(26)23-14-6-7-16(21)17(22)9-14/h6-9,13H,5,10H2,1-4H3,(H,23,26)/t13-/m0/s1. The summed E-state index contributed by atoms with van der Waals surface area (Å²) in [7, 11) is 0. The average molecular weight is 408 g/mol. The Morgan fingerprint density at radius 3 is 2.45 bits per heavy atom. The van der Waals surface area contributed by atoms with Crippen LogP contribution in [0.25, 0.3) is 0 Å². The van der Waals surface area contributed by atoms with E-state index in [4.69, 9.17) is 9.47 Å². The fourth-order valence-corrected chi connectivity index (χ4v) is 2.69. The molecule has 0 fully saturated rings. The maximum absolute atomic E-state index is 13.2. The molecule has 9 heteroatoms. The number of hydrogen-bond donors (Lipinski definition) is 1. The van der Waals surface area contributed by atoms with Crippen LogP contribution in [0.5, 0.6) is 0 Å². The Bertz CT molecular complexity index is 939. The SMILES string of the molecule is CCOC(=O)c1cc(C)n(CC(=O)O[C@@H](C)C(=O)Nc2ccc(F)c(F)c2)c1C. The van der Waals surface area contributed by atoms with E-state index in [1.54, 1.807) is 31.4 Å². The summed E-state index contributed by atoms with van der Waals surface area (Å²) in [4.78, 5) is 36.3. The van der Waals surface area contributed by atoms with E-state index in [0.717, 1.165) is 12.1 Å². The highest BCUT2D eigenvalue weighted by atomic mass is 19.2. The lowest BCUT2D eigenvalue weighted by atomic mass is 10.2. The zero-order valence-corrected chi connectivity index (χ0v) is 16.5. The number of anilines is 1. The molecule has 0 bridgehead atoms. The molecule has 2 rings (SSSR count). The molecule has 0 saturated carbocycles. The van der Waals surface area contributed by atoms with Gasteiger partial charge in [-0.1, -0.05) is 0 Å². The molecule has 1 N–H and O–H groups in total. The summed E-state index contributed by atoms with van der Waals surface area (Å²) >= 11 is 0. The Morgan fingerprint density at radius 2 is 1.83 bits per heavy atom. The summed E-state index contributed by atoms with van der Waals surface area (Å²) in [5.41, 5.74) is 1.58. The summed E-state index contributed by atoms with van der Waals surface area (Å²) in [6, 6.07) is 4.50. The Morgan fingerprint density at radius 1 is 1.14 bits per heavy atom. The molecule has 0 radical (unpaired) electrons. The lowest BCUT2D eigenvalue weighted by molar-refractivity contribution is -0.153. The predicted octanol–water partition coefficient (Wildman–Crippen LogP) is 3.13. The number of carbonyl (C=O) groups excluding carboxylic acids is 3. The van der Waals surface area contributed by atoms with Gasteiger partial charge in [0.05, 0.1) is 12.2 Å². The van der Waals surface area contributed by atoms with Crippen LogP contribution in [0.15, 0.2) is 24.3 Å². The normalized spacial score (nSPS) is 11.7. The summed E-state index contributed by atoms with van der Waals surface area (Å²) in [6.07, 6.45) is -1.17. The molecule has 1 aromatic carbocycles. The molecule has 0 aliphatic rings. The number of nitrogens with one attached hydrogen (secondary N) is 1. The quantitative estimate of drug-likeness (QED) is 0.712. The molecule has 0 saturated heterocycles. The van der Waals surface area contributed by atoms with Crippen molar-refractivity contribution in [3.63, 3.8) is 0 Å². The second-order valence-electron chi connectivity index (χ2n) is 6.34.